The molecular weight excluding hydrogens is 280 g/mol. The van der Waals surface area contributed by atoms with Crippen LogP contribution in [0.3, 0.4) is 0 Å². The quantitative estimate of drug-likeness (QED) is 0.346. The van der Waals surface area contributed by atoms with Crippen molar-refractivity contribution in [2.24, 2.45) is 5.92 Å². The van der Waals surface area contributed by atoms with Crippen molar-refractivity contribution in [2.45, 2.75) is 85.0 Å². The summed E-state index contributed by atoms with van der Waals surface area (Å²) in [5.41, 5.74) is 0. The average molecular weight is 314 g/mol. The van der Waals surface area contributed by atoms with Gasteiger partial charge in [-0.05, 0) is 25.2 Å². The van der Waals surface area contributed by atoms with Crippen LogP contribution in [0.15, 0.2) is 0 Å². The van der Waals surface area contributed by atoms with Gasteiger partial charge in [0.05, 0.1) is 26.1 Å². The molecule has 0 aromatic carbocycles. The van der Waals surface area contributed by atoms with Crippen LogP contribution in [0.5, 0.6) is 0 Å². The van der Waals surface area contributed by atoms with Gasteiger partial charge in [-0.3, -0.25) is 9.59 Å². The van der Waals surface area contributed by atoms with Crippen LogP contribution >= 0.6 is 0 Å². The lowest BCUT2D eigenvalue weighted by Gasteiger charge is -2.15. The lowest BCUT2D eigenvalue weighted by Crippen LogP contribution is -2.16. The molecule has 0 saturated heterocycles. The average Bonchev–Trinajstić information content (AvgIpc) is 2.51. The third kappa shape index (κ3) is 12.7. The summed E-state index contributed by atoms with van der Waals surface area (Å²) < 4.78 is 10.4. The van der Waals surface area contributed by atoms with Gasteiger partial charge in [0, 0.05) is 0 Å². The molecule has 0 aliphatic rings. The maximum Gasteiger partial charge on any atom is 0.306 e. The second kappa shape index (κ2) is 14.9. The van der Waals surface area contributed by atoms with E-state index in [0.29, 0.717) is 19.1 Å². The van der Waals surface area contributed by atoms with Gasteiger partial charge in [0.1, 0.15) is 0 Å². The zero-order chi connectivity index (χ0) is 16.6. The van der Waals surface area contributed by atoms with E-state index < -0.39 is 0 Å². The third-order valence-electron chi connectivity index (χ3n) is 3.67. The van der Waals surface area contributed by atoms with Crippen LogP contribution in [0.2, 0.25) is 0 Å². The van der Waals surface area contributed by atoms with Crippen molar-refractivity contribution >= 4 is 11.9 Å². The first-order valence-corrected chi connectivity index (χ1v) is 8.95. The summed E-state index contributed by atoms with van der Waals surface area (Å²) in [4.78, 5) is 23.1. The van der Waals surface area contributed by atoms with Crippen molar-refractivity contribution in [3.05, 3.63) is 0 Å². The largest absolute Gasteiger partial charge is 0.466 e. The molecule has 0 aliphatic carbocycles. The molecule has 0 bridgehead atoms. The maximum atomic E-state index is 11.6. The number of hydrogen-bond donors (Lipinski definition) is 0. The van der Waals surface area contributed by atoms with Crippen molar-refractivity contribution < 1.29 is 19.1 Å². The first-order chi connectivity index (χ1) is 10.6. The van der Waals surface area contributed by atoms with Crippen molar-refractivity contribution in [1.29, 1.82) is 0 Å². The first kappa shape index (κ1) is 20.9. The fraction of sp³-hybridized carbons (Fsp3) is 0.889. The molecule has 22 heavy (non-hydrogen) atoms. The van der Waals surface area contributed by atoms with Gasteiger partial charge in [-0.25, -0.2) is 0 Å². The molecule has 0 fully saturated rings. The van der Waals surface area contributed by atoms with Crippen LogP contribution in [-0.4, -0.2) is 25.2 Å². The van der Waals surface area contributed by atoms with Crippen molar-refractivity contribution in [3.8, 4) is 0 Å². The number of ether oxygens (including phenoxy) is 2. The molecule has 4 heteroatoms. The van der Waals surface area contributed by atoms with E-state index in [4.69, 9.17) is 9.47 Å². The summed E-state index contributed by atoms with van der Waals surface area (Å²) in [6, 6.07) is 0. The minimum Gasteiger partial charge on any atom is -0.466 e. The van der Waals surface area contributed by atoms with Crippen molar-refractivity contribution in [2.75, 3.05) is 13.2 Å². The van der Waals surface area contributed by atoms with E-state index in [1.165, 1.54) is 6.42 Å². The summed E-state index contributed by atoms with van der Waals surface area (Å²) in [7, 11) is 0. The Morgan fingerprint density at radius 3 is 1.91 bits per heavy atom. The Bertz CT molecular complexity index is 283. The van der Waals surface area contributed by atoms with E-state index in [1.54, 1.807) is 0 Å². The van der Waals surface area contributed by atoms with E-state index in [0.717, 1.165) is 44.9 Å². The summed E-state index contributed by atoms with van der Waals surface area (Å²) in [6.45, 7) is 7.36. The van der Waals surface area contributed by atoms with Gasteiger partial charge in [0.2, 0.25) is 0 Å². The minimum absolute atomic E-state index is 0.124. The fourth-order valence-electron chi connectivity index (χ4n) is 2.40. The summed E-state index contributed by atoms with van der Waals surface area (Å²) >= 11 is 0. The molecule has 0 rings (SSSR count). The Kier molecular flexibility index (Phi) is 14.1. The predicted molar refractivity (Wildman–Crippen MR) is 88.6 cm³/mol. The van der Waals surface area contributed by atoms with Crippen LogP contribution in [0.25, 0.3) is 0 Å². The van der Waals surface area contributed by atoms with Gasteiger partial charge in [0.15, 0.2) is 0 Å². The number of rotatable bonds is 14. The molecule has 0 aromatic heterocycles. The molecule has 0 heterocycles. The second-order valence-electron chi connectivity index (χ2n) is 5.91. The number of unbranched alkanes of at least 4 members (excludes halogenated alkanes) is 3. The van der Waals surface area contributed by atoms with Crippen LogP contribution in [0, 0.1) is 5.92 Å². The van der Waals surface area contributed by atoms with E-state index in [-0.39, 0.29) is 24.8 Å². The second-order valence-corrected chi connectivity index (χ2v) is 5.91. The van der Waals surface area contributed by atoms with Gasteiger partial charge >= 0.3 is 11.9 Å². The highest BCUT2D eigenvalue weighted by atomic mass is 16.5. The normalized spacial score (nSPS) is 10.7. The zero-order valence-electron chi connectivity index (χ0n) is 14.7. The Morgan fingerprint density at radius 1 is 0.773 bits per heavy atom. The first-order valence-electron chi connectivity index (χ1n) is 8.95. The number of carbonyl (C=O) groups is 2. The standard InChI is InChI=1S/C18H34O4/c1-4-7-8-9-14-21-17(19)12-13-18(20)22-15-16(10-5-2)11-6-3/h16H,4-15H2,1-3H3. The molecule has 130 valence electrons. The summed E-state index contributed by atoms with van der Waals surface area (Å²) in [5, 5.41) is 0. The van der Waals surface area contributed by atoms with E-state index in [1.807, 2.05) is 0 Å². The third-order valence-corrected chi connectivity index (χ3v) is 3.67. The van der Waals surface area contributed by atoms with Gasteiger partial charge in [-0.15, -0.1) is 0 Å². The Balaban J connectivity index is 3.67. The van der Waals surface area contributed by atoms with Gasteiger partial charge in [-0.2, -0.15) is 0 Å². The monoisotopic (exact) mass is 314 g/mol. The molecule has 0 N–H and O–H groups in total. The Labute approximate surface area is 135 Å². The number of carbonyl (C=O) groups excluding carboxylic acids is 2. The van der Waals surface area contributed by atoms with E-state index >= 15 is 0 Å². The molecular formula is C18H34O4. The van der Waals surface area contributed by atoms with Gasteiger partial charge in [0.25, 0.3) is 0 Å². The summed E-state index contributed by atoms with van der Waals surface area (Å²) in [5.74, 6) is -0.142. The number of esters is 2. The smallest absolute Gasteiger partial charge is 0.306 e. The Hall–Kier alpha value is -1.06. The molecule has 0 radical (unpaired) electrons. The van der Waals surface area contributed by atoms with Crippen LogP contribution in [0.4, 0.5) is 0 Å². The van der Waals surface area contributed by atoms with Crippen molar-refractivity contribution in [1.82, 2.24) is 0 Å². The van der Waals surface area contributed by atoms with Gasteiger partial charge in [-0.1, -0.05) is 52.9 Å². The minimum atomic E-state index is -0.299. The molecule has 0 aromatic rings. The maximum absolute atomic E-state index is 11.6. The summed E-state index contributed by atoms with van der Waals surface area (Å²) in [6.07, 6.45) is 8.94. The van der Waals surface area contributed by atoms with Gasteiger partial charge < -0.3 is 9.47 Å². The fourth-order valence-corrected chi connectivity index (χ4v) is 2.40. The molecule has 0 atom stereocenters. The molecule has 0 unspecified atom stereocenters. The van der Waals surface area contributed by atoms with E-state index in [9.17, 15) is 9.59 Å². The molecule has 0 aliphatic heterocycles. The van der Waals surface area contributed by atoms with Crippen LogP contribution in [0.1, 0.15) is 85.0 Å². The molecule has 0 spiro atoms. The molecule has 0 amide bonds. The SMILES string of the molecule is CCCCCCOC(=O)CCC(=O)OCC(CCC)CCC. The Morgan fingerprint density at radius 2 is 1.36 bits per heavy atom. The highest BCUT2D eigenvalue weighted by molar-refractivity contribution is 5.77. The molecule has 4 nitrogen and oxygen atoms in total. The van der Waals surface area contributed by atoms with E-state index in [2.05, 4.69) is 20.8 Å². The highest BCUT2D eigenvalue weighted by Crippen LogP contribution is 2.14. The number of hydrogen-bond acceptors (Lipinski definition) is 4. The van der Waals surface area contributed by atoms with Crippen molar-refractivity contribution in [3.63, 3.8) is 0 Å². The topological polar surface area (TPSA) is 52.6 Å². The van der Waals surface area contributed by atoms with Crippen LogP contribution < -0.4 is 0 Å². The molecule has 0 saturated carbocycles. The van der Waals surface area contributed by atoms with Crippen LogP contribution in [-0.2, 0) is 19.1 Å². The highest BCUT2D eigenvalue weighted by Gasteiger charge is 2.12. The lowest BCUT2D eigenvalue weighted by molar-refractivity contribution is -0.151. The lowest BCUT2D eigenvalue weighted by atomic mass is 9.99. The predicted octanol–water partition coefficient (Wildman–Crippen LogP) is 4.65. The zero-order valence-corrected chi connectivity index (χ0v) is 14.7.